The van der Waals surface area contributed by atoms with Crippen molar-refractivity contribution in [1.82, 2.24) is 30.4 Å². The van der Waals surface area contributed by atoms with Crippen LogP contribution in [0.5, 0.6) is 11.5 Å². The number of imidazole rings is 1. The van der Waals surface area contributed by atoms with Crippen LogP contribution < -0.4 is 15.4 Å². The Morgan fingerprint density at radius 1 is 0.757 bits per heavy atom. The standard InChI is InChI=1S/C54H65N7O9/c1-5-54(6-2)39-15-12-36(41-31-56-49(57-41)43-10-8-22-61(43)51(63)48(59-53(65)67-4)33-19-25-69-26-20-33)29-45(39)70-44-16-13-35-27-34(11-14-38(35)46(44)54)37-28-40(55-30-37)42-9-7-21-60(42)50(62)47(58-52(64)66-3)32-17-23-68-24-18-32/h11-16,27,29-33,42-43,47-48H,5-10,17-26,28H2,1-4H3,(H,56,57)(H,58,64)(H,59,65)/t42-,43-,47-,48+/m1/s1. The number of aliphatic imine (C=N–C) groups is 1. The number of alkyl carbamates (subject to hydrolysis) is 2. The van der Waals surface area contributed by atoms with E-state index in [9.17, 15) is 19.2 Å². The van der Waals surface area contributed by atoms with Crippen LogP contribution in [0.4, 0.5) is 9.59 Å². The maximum Gasteiger partial charge on any atom is 0.407 e. The monoisotopic (exact) mass is 955 g/mol. The molecule has 0 radical (unpaired) electrons. The van der Waals surface area contributed by atoms with Gasteiger partial charge in [0.1, 0.15) is 29.4 Å². The zero-order valence-corrected chi connectivity index (χ0v) is 40.7. The molecule has 370 valence electrons. The number of hydrogen-bond acceptors (Lipinski definition) is 11. The third-order valence-corrected chi connectivity index (χ3v) is 16.1. The van der Waals surface area contributed by atoms with Crippen molar-refractivity contribution < 1.29 is 42.9 Å². The molecule has 3 N–H and O–H groups in total. The Balaban J connectivity index is 0.859. The van der Waals surface area contributed by atoms with E-state index < -0.39 is 24.3 Å². The second-order valence-electron chi connectivity index (χ2n) is 19.6. The molecule has 3 aromatic carbocycles. The van der Waals surface area contributed by atoms with E-state index in [1.807, 2.05) is 22.2 Å². The topological polar surface area (TPSA) is 186 Å². The molecule has 7 heterocycles. The summed E-state index contributed by atoms with van der Waals surface area (Å²) in [6, 6.07) is 15.6. The fraction of sp³-hybridized carbons (Fsp3) is 0.519. The van der Waals surface area contributed by atoms with Gasteiger partial charge in [-0.05, 0) is 116 Å². The van der Waals surface area contributed by atoms with Gasteiger partial charge in [0.2, 0.25) is 11.8 Å². The molecular formula is C54H65N7O9. The molecule has 4 fully saturated rings. The van der Waals surface area contributed by atoms with Crippen LogP contribution >= 0.6 is 0 Å². The van der Waals surface area contributed by atoms with Crippen molar-refractivity contribution in [3.63, 3.8) is 0 Å². The molecule has 0 spiro atoms. The zero-order chi connectivity index (χ0) is 48.5. The number of methoxy groups -OCH3 is 2. The molecule has 16 nitrogen and oxygen atoms in total. The first-order valence-electron chi connectivity index (χ1n) is 25.3. The van der Waals surface area contributed by atoms with Crippen molar-refractivity contribution in [1.29, 1.82) is 0 Å². The number of allylic oxidation sites excluding steroid dienone is 1. The van der Waals surface area contributed by atoms with E-state index in [0.717, 1.165) is 94.5 Å². The number of benzene rings is 3. The summed E-state index contributed by atoms with van der Waals surface area (Å²) in [5, 5.41) is 7.97. The molecule has 4 saturated heterocycles. The first-order valence-corrected chi connectivity index (χ1v) is 25.3. The van der Waals surface area contributed by atoms with Crippen LogP contribution in [0.2, 0.25) is 0 Å². The van der Waals surface area contributed by atoms with Gasteiger partial charge >= 0.3 is 12.2 Å². The summed E-state index contributed by atoms with van der Waals surface area (Å²) in [7, 11) is 2.64. The van der Waals surface area contributed by atoms with Gasteiger partial charge in [0, 0.05) is 80.0 Å². The van der Waals surface area contributed by atoms with Gasteiger partial charge < -0.3 is 49.1 Å². The quantitative estimate of drug-likeness (QED) is 0.124. The largest absolute Gasteiger partial charge is 0.457 e. The molecular weight excluding hydrogens is 891 g/mol. The van der Waals surface area contributed by atoms with Crippen LogP contribution in [0.25, 0.3) is 27.6 Å². The van der Waals surface area contributed by atoms with E-state index in [-0.39, 0.29) is 41.1 Å². The highest BCUT2D eigenvalue weighted by Crippen LogP contribution is 2.55. The number of hydrogen-bond donors (Lipinski definition) is 3. The molecule has 4 aromatic rings. The summed E-state index contributed by atoms with van der Waals surface area (Å²) in [4.78, 5) is 70.3. The number of ether oxygens (including phenoxy) is 5. The summed E-state index contributed by atoms with van der Waals surface area (Å²) < 4.78 is 27.8. The normalized spacial score (nSPS) is 22.1. The number of carbonyl (C=O) groups excluding carboxylic acids is 4. The lowest BCUT2D eigenvalue weighted by Crippen LogP contribution is -2.55. The number of amides is 4. The van der Waals surface area contributed by atoms with Crippen molar-refractivity contribution in [2.45, 2.75) is 114 Å². The average Bonchev–Trinajstić information content (AvgIpc) is 4.27. The number of H-pyrrole nitrogens is 1. The van der Waals surface area contributed by atoms with Gasteiger partial charge in [-0.1, -0.05) is 44.2 Å². The van der Waals surface area contributed by atoms with Crippen LogP contribution in [0.15, 0.2) is 65.9 Å². The second-order valence-corrected chi connectivity index (χ2v) is 19.6. The summed E-state index contributed by atoms with van der Waals surface area (Å²) in [5.41, 5.74) is 6.97. The first-order chi connectivity index (χ1) is 34.1. The lowest BCUT2D eigenvalue weighted by Gasteiger charge is -2.40. The maximum absolute atomic E-state index is 14.2. The molecule has 10 rings (SSSR count). The van der Waals surface area contributed by atoms with Crippen molar-refractivity contribution in [3.8, 4) is 22.8 Å². The molecule has 0 saturated carbocycles. The van der Waals surface area contributed by atoms with Crippen molar-refractivity contribution in [3.05, 3.63) is 83.4 Å². The summed E-state index contributed by atoms with van der Waals surface area (Å²) in [6.45, 7) is 7.94. The molecule has 4 atom stereocenters. The number of rotatable bonds is 12. The number of nitrogens with zero attached hydrogens (tertiary/aromatic N) is 4. The van der Waals surface area contributed by atoms with E-state index in [0.29, 0.717) is 77.4 Å². The average molecular weight is 956 g/mol. The molecule has 4 amide bonds. The second kappa shape index (κ2) is 20.2. The van der Waals surface area contributed by atoms with Gasteiger partial charge in [-0.3, -0.25) is 14.6 Å². The first kappa shape index (κ1) is 47.4. The highest BCUT2D eigenvalue weighted by atomic mass is 16.5. The molecule has 70 heavy (non-hydrogen) atoms. The summed E-state index contributed by atoms with van der Waals surface area (Å²) >= 11 is 0. The highest BCUT2D eigenvalue weighted by molar-refractivity contribution is 6.05. The van der Waals surface area contributed by atoms with E-state index in [4.69, 9.17) is 33.7 Å². The Morgan fingerprint density at radius 3 is 2.00 bits per heavy atom. The third kappa shape index (κ3) is 8.82. The number of nitrogens with one attached hydrogen (secondary N) is 3. The van der Waals surface area contributed by atoms with Crippen LogP contribution in [0.3, 0.4) is 0 Å². The van der Waals surface area contributed by atoms with Crippen LogP contribution in [-0.2, 0) is 34.0 Å². The number of likely N-dealkylation sites (tertiary alicyclic amines) is 2. The van der Waals surface area contributed by atoms with Gasteiger partial charge in [-0.25, -0.2) is 14.6 Å². The van der Waals surface area contributed by atoms with E-state index >= 15 is 0 Å². The van der Waals surface area contributed by atoms with Gasteiger partial charge in [-0.2, -0.15) is 0 Å². The highest BCUT2D eigenvalue weighted by Gasteiger charge is 2.44. The van der Waals surface area contributed by atoms with Crippen LogP contribution in [0.1, 0.15) is 113 Å². The zero-order valence-electron chi connectivity index (χ0n) is 40.7. The lowest BCUT2D eigenvalue weighted by molar-refractivity contribution is -0.137. The van der Waals surface area contributed by atoms with Gasteiger partial charge in [0.15, 0.2) is 0 Å². The minimum Gasteiger partial charge on any atom is -0.457 e. The van der Waals surface area contributed by atoms with E-state index in [2.05, 4.69) is 78.0 Å². The summed E-state index contributed by atoms with van der Waals surface area (Å²) in [6.07, 6.45) is 11.0. The van der Waals surface area contributed by atoms with Crippen molar-refractivity contribution in [2.75, 3.05) is 53.7 Å². The van der Waals surface area contributed by atoms with Gasteiger partial charge in [0.25, 0.3) is 0 Å². The molecule has 0 bridgehead atoms. The predicted molar refractivity (Wildman–Crippen MR) is 264 cm³/mol. The molecule has 6 aliphatic heterocycles. The fourth-order valence-electron chi connectivity index (χ4n) is 12.3. The SMILES string of the molecule is CCC1(CC)c2ccc(-c3cnc([C@H]4CCCN4C(=O)[C@@H](NC(=O)OC)C4CCOCC4)[nH]3)cc2Oc2ccc3cc(C4=CN=C([C@H]5CCCN5C(=O)[C@H](NC(=O)OC)C5CCOCC5)C4)ccc3c21. The summed E-state index contributed by atoms with van der Waals surface area (Å²) in [5.74, 6) is 2.11. The number of fused-ring (bicyclic) bond motifs is 4. The molecule has 1 aromatic heterocycles. The van der Waals surface area contributed by atoms with Gasteiger partial charge in [-0.15, -0.1) is 0 Å². The Kier molecular flexibility index (Phi) is 13.7. The number of aromatic nitrogens is 2. The molecule has 0 aliphatic carbocycles. The maximum atomic E-state index is 14.2. The van der Waals surface area contributed by atoms with Crippen LogP contribution in [-0.4, -0.2) is 121 Å². The Labute approximate surface area is 408 Å². The minimum absolute atomic E-state index is 0.0213. The fourth-order valence-corrected chi connectivity index (χ4v) is 12.3. The Morgan fingerprint density at radius 2 is 1.37 bits per heavy atom. The molecule has 6 aliphatic rings. The molecule has 0 unspecified atom stereocenters. The van der Waals surface area contributed by atoms with E-state index in [1.54, 1.807) is 0 Å². The Bertz CT molecular complexity index is 2700. The minimum atomic E-state index is -0.703. The van der Waals surface area contributed by atoms with Crippen LogP contribution in [0, 0.1) is 11.8 Å². The van der Waals surface area contributed by atoms with Gasteiger partial charge in [0.05, 0.1) is 38.2 Å². The smallest absolute Gasteiger partial charge is 0.407 e. The Hall–Kier alpha value is -6.26. The number of aromatic amines is 1. The molecule has 16 heteroatoms. The van der Waals surface area contributed by atoms with Crippen molar-refractivity contribution in [2.24, 2.45) is 16.8 Å². The van der Waals surface area contributed by atoms with Crippen molar-refractivity contribution >= 4 is 46.1 Å². The predicted octanol–water partition coefficient (Wildman–Crippen LogP) is 8.58. The third-order valence-electron chi connectivity index (χ3n) is 16.1. The van der Waals surface area contributed by atoms with E-state index in [1.165, 1.54) is 19.8 Å². The number of carbonyl (C=O) groups is 4. The lowest BCUT2D eigenvalue weighted by atomic mass is 9.67.